The monoisotopic (exact) mass is 325 g/mol. The van der Waals surface area contributed by atoms with Crippen molar-refractivity contribution in [3.63, 3.8) is 0 Å². The number of amides is 1. The van der Waals surface area contributed by atoms with Crippen LogP contribution in [-0.4, -0.2) is 10.9 Å². The summed E-state index contributed by atoms with van der Waals surface area (Å²) in [6.45, 7) is 0. The number of nitrogens with zero attached hydrogens (tertiary/aromatic N) is 1. The normalized spacial score (nSPS) is 10.1. The quantitative estimate of drug-likeness (QED) is 0.889. The topological polar surface area (TPSA) is 68.0 Å². The van der Waals surface area contributed by atoms with E-state index in [0.717, 1.165) is 4.47 Å². The first-order chi connectivity index (χ1) is 8.58. The van der Waals surface area contributed by atoms with Gasteiger partial charge < -0.3 is 11.1 Å². The molecule has 0 atom stereocenters. The van der Waals surface area contributed by atoms with E-state index in [1.165, 1.54) is 0 Å². The number of hydrogen-bond donors (Lipinski definition) is 2. The van der Waals surface area contributed by atoms with Crippen LogP contribution in [0.3, 0.4) is 0 Å². The van der Waals surface area contributed by atoms with Gasteiger partial charge in [0.15, 0.2) is 5.82 Å². The molecule has 2 aromatic rings. The van der Waals surface area contributed by atoms with Crippen LogP contribution in [0.4, 0.5) is 11.5 Å². The highest BCUT2D eigenvalue weighted by molar-refractivity contribution is 9.10. The summed E-state index contributed by atoms with van der Waals surface area (Å²) in [7, 11) is 0. The van der Waals surface area contributed by atoms with Gasteiger partial charge in [0.05, 0.1) is 16.3 Å². The lowest BCUT2D eigenvalue weighted by Crippen LogP contribution is -2.14. The van der Waals surface area contributed by atoms with Crippen LogP contribution < -0.4 is 11.1 Å². The largest absolute Gasteiger partial charge is 0.396 e. The summed E-state index contributed by atoms with van der Waals surface area (Å²) in [6.07, 6.45) is 1.55. The van der Waals surface area contributed by atoms with E-state index >= 15 is 0 Å². The second-order valence-electron chi connectivity index (χ2n) is 3.52. The number of carbonyl (C=O) groups excluding carboxylic acids is 1. The first-order valence-corrected chi connectivity index (χ1v) is 6.22. The van der Waals surface area contributed by atoms with E-state index in [0.29, 0.717) is 22.1 Å². The molecule has 92 valence electrons. The van der Waals surface area contributed by atoms with Gasteiger partial charge in [0.25, 0.3) is 5.91 Å². The molecular formula is C12H9BrClN3O. The number of nitrogens with two attached hydrogens (primary N) is 1. The number of halogens is 2. The number of anilines is 2. The molecule has 1 amide bonds. The molecule has 0 aliphatic rings. The first-order valence-electron chi connectivity index (χ1n) is 5.05. The molecule has 0 aliphatic heterocycles. The van der Waals surface area contributed by atoms with Crippen molar-refractivity contribution in [1.82, 2.24) is 4.98 Å². The molecule has 18 heavy (non-hydrogen) atoms. The molecular weight excluding hydrogens is 318 g/mol. The average molecular weight is 327 g/mol. The van der Waals surface area contributed by atoms with Gasteiger partial charge in [0.2, 0.25) is 0 Å². The van der Waals surface area contributed by atoms with Crippen molar-refractivity contribution in [2.75, 3.05) is 11.1 Å². The highest BCUT2D eigenvalue weighted by Gasteiger charge is 2.12. The molecule has 0 bridgehead atoms. The summed E-state index contributed by atoms with van der Waals surface area (Å²) >= 11 is 9.25. The van der Waals surface area contributed by atoms with E-state index in [2.05, 4.69) is 26.2 Å². The maximum atomic E-state index is 12.0. The Morgan fingerprint density at radius 1 is 1.39 bits per heavy atom. The Labute approximate surface area is 117 Å². The lowest BCUT2D eigenvalue weighted by Gasteiger charge is -2.08. The highest BCUT2D eigenvalue weighted by Crippen LogP contribution is 2.22. The Hall–Kier alpha value is -1.59. The average Bonchev–Trinajstić information content (AvgIpc) is 2.35. The van der Waals surface area contributed by atoms with E-state index in [4.69, 9.17) is 17.3 Å². The fourth-order valence-electron chi connectivity index (χ4n) is 1.37. The minimum absolute atomic E-state index is 0.318. The van der Waals surface area contributed by atoms with Crippen LogP contribution in [-0.2, 0) is 0 Å². The van der Waals surface area contributed by atoms with Crippen LogP contribution in [0.15, 0.2) is 41.0 Å². The zero-order valence-electron chi connectivity index (χ0n) is 9.15. The molecule has 0 saturated heterocycles. The van der Waals surface area contributed by atoms with Crippen molar-refractivity contribution < 1.29 is 4.79 Å². The van der Waals surface area contributed by atoms with Crippen LogP contribution in [0.25, 0.3) is 0 Å². The number of hydrogen-bond acceptors (Lipinski definition) is 3. The van der Waals surface area contributed by atoms with Gasteiger partial charge in [0, 0.05) is 10.7 Å². The molecule has 0 spiro atoms. The standard InChI is InChI=1S/C12H9BrClN3O/c13-7-3-4-9(14)8(6-7)12(18)17-11-10(15)2-1-5-16-11/h1-6H,15H2,(H,16,17,18). The van der Waals surface area contributed by atoms with Crippen molar-refractivity contribution in [2.45, 2.75) is 0 Å². The van der Waals surface area contributed by atoms with E-state index in [1.807, 2.05) is 0 Å². The van der Waals surface area contributed by atoms with Crippen LogP contribution in [0.1, 0.15) is 10.4 Å². The third kappa shape index (κ3) is 2.80. The Morgan fingerprint density at radius 2 is 2.17 bits per heavy atom. The van der Waals surface area contributed by atoms with Crippen molar-refractivity contribution >= 4 is 44.9 Å². The fourth-order valence-corrected chi connectivity index (χ4v) is 1.93. The van der Waals surface area contributed by atoms with E-state index < -0.39 is 0 Å². The third-order valence-electron chi connectivity index (χ3n) is 2.24. The summed E-state index contributed by atoms with van der Waals surface area (Å²) in [5.74, 6) is -0.0368. The Kier molecular flexibility index (Phi) is 3.84. The molecule has 2 rings (SSSR count). The zero-order chi connectivity index (χ0) is 13.1. The molecule has 1 aromatic carbocycles. The van der Waals surface area contributed by atoms with Gasteiger partial charge in [-0.25, -0.2) is 4.98 Å². The number of carbonyl (C=O) groups is 1. The smallest absolute Gasteiger partial charge is 0.258 e. The molecule has 0 fully saturated rings. The second-order valence-corrected chi connectivity index (χ2v) is 4.84. The Bertz CT molecular complexity index is 604. The fraction of sp³-hybridized carbons (Fsp3) is 0. The molecule has 0 saturated carbocycles. The molecule has 6 heteroatoms. The zero-order valence-corrected chi connectivity index (χ0v) is 11.5. The SMILES string of the molecule is Nc1cccnc1NC(=O)c1cc(Br)ccc1Cl. The summed E-state index contributed by atoms with van der Waals surface area (Å²) < 4.78 is 0.769. The minimum atomic E-state index is -0.355. The van der Waals surface area contributed by atoms with Crippen molar-refractivity contribution in [3.8, 4) is 0 Å². The second kappa shape index (κ2) is 5.37. The predicted octanol–water partition coefficient (Wildman–Crippen LogP) is 3.33. The number of pyridine rings is 1. The van der Waals surface area contributed by atoms with Crippen molar-refractivity contribution in [1.29, 1.82) is 0 Å². The van der Waals surface area contributed by atoms with Gasteiger partial charge in [-0.15, -0.1) is 0 Å². The van der Waals surface area contributed by atoms with Gasteiger partial charge in [-0.2, -0.15) is 0 Å². The molecule has 1 heterocycles. The van der Waals surface area contributed by atoms with Crippen LogP contribution >= 0.6 is 27.5 Å². The van der Waals surface area contributed by atoms with Crippen LogP contribution in [0.2, 0.25) is 5.02 Å². The lowest BCUT2D eigenvalue weighted by atomic mass is 10.2. The predicted molar refractivity (Wildman–Crippen MR) is 75.8 cm³/mol. The molecule has 3 N–H and O–H groups in total. The number of nitrogens with one attached hydrogen (secondary N) is 1. The molecule has 0 unspecified atom stereocenters. The maximum Gasteiger partial charge on any atom is 0.258 e. The van der Waals surface area contributed by atoms with Crippen molar-refractivity contribution in [3.05, 3.63) is 51.6 Å². The van der Waals surface area contributed by atoms with Gasteiger partial charge in [-0.3, -0.25) is 4.79 Å². The molecule has 4 nitrogen and oxygen atoms in total. The summed E-state index contributed by atoms with van der Waals surface area (Å²) in [4.78, 5) is 16.0. The maximum absolute atomic E-state index is 12.0. The van der Waals surface area contributed by atoms with Gasteiger partial charge in [-0.05, 0) is 30.3 Å². The number of nitrogen functional groups attached to an aromatic ring is 1. The third-order valence-corrected chi connectivity index (χ3v) is 3.07. The van der Waals surface area contributed by atoms with Gasteiger partial charge >= 0.3 is 0 Å². The van der Waals surface area contributed by atoms with Gasteiger partial charge in [-0.1, -0.05) is 27.5 Å². The molecule has 1 aromatic heterocycles. The Morgan fingerprint density at radius 3 is 2.89 bits per heavy atom. The summed E-state index contributed by atoms with van der Waals surface area (Å²) in [5.41, 5.74) is 6.45. The van der Waals surface area contributed by atoms with E-state index in [-0.39, 0.29) is 5.91 Å². The highest BCUT2D eigenvalue weighted by atomic mass is 79.9. The summed E-state index contributed by atoms with van der Waals surface area (Å²) in [5, 5.41) is 2.98. The van der Waals surface area contributed by atoms with Crippen LogP contribution in [0, 0.1) is 0 Å². The molecule has 0 aliphatic carbocycles. The number of rotatable bonds is 2. The summed E-state index contributed by atoms with van der Waals surface area (Å²) in [6, 6.07) is 8.38. The number of benzene rings is 1. The lowest BCUT2D eigenvalue weighted by molar-refractivity contribution is 0.102. The number of aromatic nitrogens is 1. The molecule has 0 radical (unpaired) electrons. The first kappa shape index (κ1) is 12.9. The van der Waals surface area contributed by atoms with Crippen molar-refractivity contribution in [2.24, 2.45) is 0 Å². The Balaban J connectivity index is 2.28. The van der Waals surface area contributed by atoms with Gasteiger partial charge in [0.1, 0.15) is 0 Å². The van der Waals surface area contributed by atoms with E-state index in [9.17, 15) is 4.79 Å². The van der Waals surface area contributed by atoms with Crippen LogP contribution in [0.5, 0.6) is 0 Å². The van der Waals surface area contributed by atoms with E-state index in [1.54, 1.807) is 36.5 Å². The minimum Gasteiger partial charge on any atom is -0.396 e.